The zero-order chi connectivity index (χ0) is 20.6. The normalized spacial score (nSPS) is 13.8. The van der Waals surface area contributed by atoms with Gasteiger partial charge in [-0.15, -0.1) is 6.58 Å². The lowest BCUT2D eigenvalue weighted by molar-refractivity contribution is 0.0949. The molecule has 0 aromatic heterocycles. The molecule has 0 fully saturated rings. The summed E-state index contributed by atoms with van der Waals surface area (Å²) in [6.45, 7) is 4.28. The molecule has 0 saturated heterocycles. The van der Waals surface area contributed by atoms with Crippen LogP contribution in [-0.2, 0) is 19.3 Å². The fourth-order valence-corrected chi connectivity index (χ4v) is 4.07. The van der Waals surface area contributed by atoms with Crippen molar-refractivity contribution in [3.05, 3.63) is 82.7 Å². The van der Waals surface area contributed by atoms with Crippen molar-refractivity contribution in [2.45, 2.75) is 50.9 Å². The molecule has 0 heterocycles. The Morgan fingerprint density at radius 1 is 1.24 bits per heavy atom. The minimum Gasteiger partial charge on any atom is -0.351 e. The topological polar surface area (TPSA) is 52.9 Å². The van der Waals surface area contributed by atoms with E-state index >= 15 is 0 Å². The van der Waals surface area contributed by atoms with Crippen LogP contribution < -0.4 is 5.32 Å². The average molecular weight is 391 g/mol. The number of hydrogen-bond donors (Lipinski definition) is 1. The number of halogens is 1. The number of carbonyl (C=O) groups is 1. The molecular weight excluding hydrogens is 363 g/mol. The molecule has 1 aliphatic rings. The maximum absolute atomic E-state index is 13.2. The van der Waals surface area contributed by atoms with Gasteiger partial charge in [0, 0.05) is 24.4 Å². The lowest BCUT2D eigenvalue weighted by Gasteiger charge is -2.22. The van der Waals surface area contributed by atoms with Crippen LogP contribution in [0.15, 0.2) is 49.1 Å². The zero-order valence-electron chi connectivity index (χ0n) is 16.7. The van der Waals surface area contributed by atoms with E-state index in [1.807, 2.05) is 12.1 Å². The van der Waals surface area contributed by atoms with E-state index in [2.05, 4.69) is 24.0 Å². The Hall–Kier alpha value is -2.93. The van der Waals surface area contributed by atoms with Crippen molar-refractivity contribution in [2.24, 2.45) is 0 Å². The van der Waals surface area contributed by atoms with Gasteiger partial charge in [0.05, 0.1) is 6.07 Å². The van der Waals surface area contributed by atoms with Crippen molar-refractivity contribution in [1.29, 1.82) is 5.26 Å². The Morgan fingerprint density at radius 2 is 2.00 bits per heavy atom. The molecule has 0 spiro atoms. The second-order valence-corrected chi connectivity index (χ2v) is 7.63. The molecule has 29 heavy (non-hydrogen) atoms. The highest BCUT2D eigenvalue weighted by atomic mass is 19.1. The third-order valence-corrected chi connectivity index (χ3v) is 5.60. The monoisotopic (exact) mass is 390 g/mol. The first-order chi connectivity index (χ1) is 14.1. The molecule has 0 saturated carbocycles. The minimum atomic E-state index is -0.268. The third-order valence-electron chi connectivity index (χ3n) is 5.60. The van der Waals surface area contributed by atoms with Crippen LogP contribution in [0.5, 0.6) is 0 Å². The van der Waals surface area contributed by atoms with E-state index in [-0.39, 0.29) is 17.6 Å². The Bertz CT molecular complexity index is 912. The average Bonchev–Trinajstić information content (AvgIpc) is 2.75. The van der Waals surface area contributed by atoms with Gasteiger partial charge in [-0.1, -0.05) is 24.3 Å². The lowest BCUT2D eigenvalue weighted by atomic mass is 9.85. The summed E-state index contributed by atoms with van der Waals surface area (Å²) in [5.41, 5.74) is 5.18. The van der Waals surface area contributed by atoms with E-state index in [4.69, 9.17) is 5.26 Å². The van der Waals surface area contributed by atoms with E-state index < -0.39 is 0 Å². The molecule has 150 valence electrons. The van der Waals surface area contributed by atoms with Gasteiger partial charge in [0.25, 0.3) is 5.91 Å². The van der Waals surface area contributed by atoms with E-state index in [1.165, 1.54) is 17.7 Å². The highest BCUT2D eigenvalue weighted by Gasteiger charge is 2.20. The van der Waals surface area contributed by atoms with Crippen LogP contribution >= 0.6 is 0 Å². The van der Waals surface area contributed by atoms with Crippen LogP contribution in [0.25, 0.3) is 0 Å². The molecule has 0 radical (unpaired) electrons. The molecular formula is C25H27FN2O. The minimum absolute atomic E-state index is 0.0506. The Balaban J connectivity index is 1.79. The van der Waals surface area contributed by atoms with Gasteiger partial charge in [0.15, 0.2) is 0 Å². The zero-order valence-corrected chi connectivity index (χ0v) is 16.7. The van der Waals surface area contributed by atoms with Gasteiger partial charge in [-0.3, -0.25) is 4.79 Å². The molecule has 1 unspecified atom stereocenters. The number of benzene rings is 2. The summed E-state index contributed by atoms with van der Waals surface area (Å²) in [6.07, 6.45) is 7.79. The van der Waals surface area contributed by atoms with E-state index in [0.717, 1.165) is 47.9 Å². The summed E-state index contributed by atoms with van der Waals surface area (Å²) in [5.74, 6) is -0.288. The molecule has 1 aliphatic carbocycles. The van der Waals surface area contributed by atoms with Gasteiger partial charge in [-0.25, -0.2) is 4.39 Å². The van der Waals surface area contributed by atoms with Crippen LogP contribution in [0.1, 0.15) is 64.2 Å². The van der Waals surface area contributed by atoms with Crippen molar-refractivity contribution in [3.63, 3.8) is 0 Å². The van der Waals surface area contributed by atoms with E-state index in [0.29, 0.717) is 25.8 Å². The van der Waals surface area contributed by atoms with Gasteiger partial charge in [0.1, 0.15) is 5.82 Å². The van der Waals surface area contributed by atoms with Gasteiger partial charge in [0.2, 0.25) is 0 Å². The van der Waals surface area contributed by atoms with Crippen LogP contribution in [0, 0.1) is 17.1 Å². The third kappa shape index (κ3) is 5.32. The predicted octanol–water partition coefficient (Wildman–Crippen LogP) is 5.25. The first-order valence-electron chi connectivity index (χ1n) is 10.3. The highest BCUT2D eigenvalue weighted by Crippen LogP contribution is 2.27. The largest absolute Gasteiger partial charge is 0.351 e. The van der Waals surface area contributed by atoms with Crippen LogP contribution in [0.2, 0.25) is 0 Å². The quantitative estimate of drug-likeness (QED) is 0.626. The van der Waals surface area contributed by atoms with Crippen molar-refractivity contribution in [1.82, 2.24) is 5.32 Å². The van der Waals surface area contributed by atoms with Gasteiger partial charge in [-0.05, 0) is 79.0 Å². The Labute approximate surface area is 172 Å². The lowest BCUT2D eigenvalue weighted by Crippen LogP contribution is -2.30. The number of fused-ring (bicyclic) bond motifs is 1. The fraction of sp³-hybridized carbons (Fsp3) is 0.360. The van der Waals surface area contributed by atoms with Crippen molar-refractivity contribution >= 4 is 5.91 Å². The number of aryl methyl sites for hydroxylation is 2. The van der Waals surface area contributed by atoms with Crippen molar-refractivity contribution < 1.29 is 9.18 Å². The van der Waals surface area contributed by atoms with E-state index in [1.54, 1.807) is 12.1 Å². The summed E-state index contributed by atoms with van der Waals surface area (Å²) in [6, 6.07) is 12.7. The molecule has 2 aromatic rings. The molecule has 3 rings (SSSR count). The molecule has 4 heteroatoms. The van der Waals surface area contributed by atoms with Crippen LogP contribution in [0.3, 0.4) is 0 Å². The first-order valence-corrected chi connectivity index (χ1v) is 10.3. The van der Waals surface area contributed by atoms with Crippen molar-refractivity contribution in [3.8, 4) is 6.07 Å². The SMILES string of the molecule is C=CCC(CNC(=O)c1cc(CCC#N)cc2c1CCCC2)c1ccc(F)cc1. The fourth-order valence-electron chi connectivity index (χ4n) is 4.07. The van der Waals surface area contributed by atoms with Crippen molar-refractivity contribution in [2.75, 3.05) is 6.54 Å². The summed E-state index contributed by atoms with van der Waals surface area (Å²) in [5, 5.41) is 12.0. The summed E-state index contributed by atoms with van der Waals surface area (Å²) in [4.78, 5) is 13.1. The molecule has 1 N–H and O–H groups in total. The number of allylic oxidation sites excluding steroid dienone is 1. The van der Waals surface area contributed by atoms with Gasteiger partial charge < -0.3 is 5.32 Å². The summed E-state index contributed by atoms with van der Waals surface area (Å²) >= 11 is 0. The summed E-state index contributed by atoms with van der Waals surface area (Å²) < 4.78 is 13.2. The number of rotatable bonds is 8. The van der Waals surface area contributed by atoms with Crippen LogP contribution in [-0.4, -0.2) is 12.5 Å². The number of amides is 1. The summed E-state index contributed by atoms with van der Waals surface area (Å²) in [7, 11) is 0. The maximum atomic E-state index is 13.2. The molecule has 1 atom stereocenters. The second kappa shape index (κ2) is 10.0. The molecule has 1 amide bonds. The molecule has 3 nitrogen and oxygen atoms in total. The second-order valence-electron chi connectivity index (χ2n) is 7.63. The number of nitrogens with one attached hydrogen (secondary N) is 1. The van der Waals surface area contributed by atoms with E-state index in [9.17, 15) is 9.18 Å². The number of carbonyl (C=O) groups excluding carboxylic acids is 1. The predicted molar refractivity (Wildman–Crippen MR) is 113 cm³/mol. The number of nitriles is 1. The number of hydrogen-bond acceptors (Lipinski definition) is 2. The Kier molecular flexibility index (Phi) is 7.19. The smallest absolute Gasteiger partial charge is 0.251 e. The molecule has 2 aromatic carbocycles. The van der Waals surface area contributed by atoms with Gasteiger partial charge >= 0.3 is 0 Å². The molecule has 0 bridgehead atoms. The first kappa shape index (κ1) is 20.8. The Morgan fingerprint density at radius 3 is 2.72 bits per heavy atom. The highest BCUT2D eigenvalue weighted by molar-refractivity contribution is 5.96. The standard InChI is InChI=1S/C25H27FN2O/c1-2-6-21(19-10-12-22(26)13-11-19)17-28-25(29)24-16-18(7-5-14-27)15-20-8-3-4-9-23(20)24/h2,10-13,15-16,21H,1,3-9,17H2,(H,28,29). The van der Waals surface area contributed by atoms with Crippen LogP contribution in [0.4, 0.5) is 4.39 Å². The molecule has 0 aliphatic heterocycles. The maximum Gasteiger partial charge on any atom is 0.251 e. The van der Waals surface area contributed by atoms with Gasteiger partial charge in [-0.2, -0.15) is 5.26 Å². The number of nitrogens with zero attached hydrogens (tertiary/aromatic N) is 1.